The highest BCUT2D eigenvalue weighted by Gasteiger charge is 2.37. The lowest BCUT2D eigenvalue weighted by Gasteiger charge is -2.24. The summed E-state index contributed by atoms with van der Waals surface area (Å²) >= 11 is 0. The van der Waals surface area contributed by atoms with E-state index in [0.717, 1.165) is 68.5 Å². The largest absolute Gasteiger partial charge is 0.616 e. The average Bonchev–Trinajstić information content (AvgIpc) is 1.13. The lowest BCUT2D eigenvalue weighted by molar-refractivity contribution is -0.219. The van der Waals surface area contributed by atoms with Gasteiger partial charge in [0.15, 0.2) is 6.10 Å². The third-order valence-corrected chi connectivity index (χ3v) is 20.3. The number of fused-ring (bicyclic) bond motifs is 2. The topological polar surface area (TPSA) is 225 Å². The van der Waals surface area contributed by atoms with Gasteiger partial charge in [0, 0.05) is 65.8 Å². The number of nitrogens with one attached hydrogen (secondary N) is 1. The first kappa shape index (κ1) is 73.5. The monoisotopic (exact) mass is 1240 g/mol. The lowest BCUT2D eigenvalue weighted by Crippen LogP contribution is -2.36. The minimum Gasteiger partial charge on any atom is -0.616 e. The zero-order valence-electron chi connectivity index (χ0n) is 52.7. The van der Waals surface area contributed by atoms with Gasteiger partial charge in [0.05, 0.1) is 11.0 Å². The van der Waals surface area contributed by atoms with Gasteiger partial charge in [-0.1, -0.05) is 200 Å². The van der Waals surface area contributed by atoms with Gasteiger partial charge in [0.2, 0.25) is 5.36 Å². The molecule has 0 spiro atoms. The highest BCUT2D eigenvalue weighted by Crippen LogP contribution is 2.46. The van der Waals surface area contributed by atoms with E-state index in [1.54, 1.807) is 16.6 Å². The van der Waals surface area contributed by atoms with Crippen LogP contribution in [0.1, 0.15) is 247 Å². The zero-order chi connectivity index (χ0) is 61.9. The van der Waals surface area contributed by atoms with E-state index in [0.29, 0.717) is 72.9 Å². The number of esters is 2. The van der Waals surface area contributed by atoms with Crippen molar-refractivity contribution in [2.24, 2.45) is 0 Å². The number of benzene rings is 3. The molecule has 4 rings (SSSR count). The van der Waals surface area contributed by atoms with E-state index in [1.807, 2.05) is 52.0 Å². The summed E-state index contributed by atoms with van der Waals surface area (Å²) in [5, 5.41) is 1.34. The number of unbranched alkanes of at least 4 members (excludes halogenated alkanes) is 28. The number of carbonyl (C=O) groups excluding carboxylic acids is 2. The lowest BCUT2D eigenvalue weighted by atomic mass is 9.93. The van der Waals surface area contributed by atoms with E-state index < -0.39 is 69.3 Å². The van der Waals surface area contributed by atoms with Crippen molar-refractivity contribution in [3.05, 3.63) is 60.0 Å². The van der Waals surface area contributed by atoms with E-state index in [2.05, 4.69) is 23.3 Å². The first-order valence-corrected chi connectivity index (χ1v) is 37.2. The summed E-state index contributed by atoms with van der Waals surface area (Å²) in [6, 6.07) is 14.0. The summed E-state index contributed by atoms with van der Waals surface area (Å²) < 4.78 is 92.1. The fraction of sp³-hybridized carbons (Fsp3) is 0.682. The maximum absolute atomic E-state index is 14.0. The molecule has 0 saturated heterocycles. The predicted octanol–water partition coefficient (Wildman–Crippen LogP) is 15.4. The van der Waals surface area contributed by atoms with Gasteiger partial charge in [-0.15, -0.1) is 0 Å². The van der Waals surface area contributed by atoms with Crippen molar-refractivity contribution >= 4 is 56.8 Å². The molecule has 1 heterocycles. The van der Waals surface area contributed by atoms with Crippen molar-refractivity contribution in [3.8, 4) is 22.5 Å². The number of rotatable bonds is 48. The quantitative estimate of drug-likeness (QED) is 0.00934. The summed E-state index contributed by atoms with van der Waals surface area (Å²) in [5.74, 6) is -0.761. The first-order valence-electron chi connectivity index (χ1n) is 32.7. The number of hydrogen-bond donors (Lipinski definition) is 3. The van der Waals surface area contributed by atoms with Crippen LogP contribution < -0.4 is 24.2 Å². The predicted molar refractivity (Wildman–Crippen MR) is 343 cm³/mol. The van der Waals surface area contributed by atoms with Crippen molar-refractivity contribution in [1.29, 1.82) is 0 Å². The number of anilines is 1. The molecule has 0 bridgehead atoms. The van der Waals surface area contributed by atoms with Gasteiger partial charge in [0.25, 0.3) is 20.1 Å². The Bertz CT molecular complexity index is 2830. The third-order valence-electron chi connectivity index (χ3n) is 16.1. The van der Waals surface area contributed by atoms with Crippen molar-refractivity contribution in [1.82, 2.24) is 9.07 Å². The Hall–Kier alpha value is -4.00. The first-order chi connectivity index (χ1) is 40.9. The highest BCUT2D eigenvalue weighted by molar-refractivity contribution is 7.95. The number of sulfonamides is 1. The van der Waals surface area contributed by atoms with Crippen LogP contribution in [0.3, 0.4) is 0 Å². The van der Waals surface area contributed by atoms with E-state index >= 15 is 0 Å². The number of ether oxygens (including phenoxy) is 2. The molecule has 1 unspecified atom stereocenters. The third kappa shape index (κ3) is 27.1. The summed E-state index contributed by atoms with van der Waals surface area (Å²) in [5.41, 5.74) is 2.03. The van der Waals surface area contributed by atoms with Gasteiger partial charge < -0.3 is 23.7 Å². The molecule has 0 amide bonds. The van der Waals surface area contributed by atoms with Crippen LogP contribution in [0.25, 0.3) is 33.4 Å². The Labute approximate surface area is 512 Å². The second-order valence-corrected chi connectivity index (χ2v) is 27.8. The fourth-order valence-electron chi connectivity index (χ4n) is 11.1. The van der Waals surface area contributed by atoms with Crippen LogP contribution in [0.15, 0.2) is 68.8 Å². The Kier molecular flexibility index (Phi) is 35.0. The molecule has 0 saturated carbocycles. The van der Waals surface area contributed by atoms with Crippen LogP contribution in [0.5, 0.6) is 0 Å². The van der Waals surface area contributed by atoms with E-state index in [9.17, 15) is 40.8 Å². The summed E-state index contributed by atoms with van der Waals surface area (Å²) in [7, 11) is -15.6. The van der Waals surface area contributed by atoms with Gasteiger partial charge in [0.1, 0.15) is 42.5 Å². The summed E-state index contributed by atoms with van der Waals surface area (Å²) in [6.07, 6.45) is 33.9. The van der Waals surface area contributed by atoms with Crippen molar-refractivity contribution in [3.63, 3.8) is 0 Å². The molecule has 0 radical (unpaired) electrons. The fourth-order valence-corrected chi connectivity index (χ4v) is 14.7. The Morgan fingerprint density at radius 1 is 0.600 bits per heavy atom. The summed E-state index contributed by atoms with van der Waals surface area (Å²) in [6.45, 7) is 14.1. The molecular weight excluding hydrogens is 1140 g/mol. The molecule has 2 aromatic carbocycles. The second-order valence-electron chi connectivity index (χ2n) is 22.9. The molecule has 0 fully saturated rings. The number of carbonyl (C=O) groups is 2. The molecule has 85 heavy (non-hydrogen) atoms. The molecule has 2 aromatic rings. The normalized spacial score (nSPS) is 13.1. The SMILES string of the molecule is CCCCCCCCCCCCCCCCCC(=O)OC[C@H](CO[P+]([O-])(O)NS(=O)(=O)c1ccc(-c2c3ccc(=[N+](CC)CC)cc-3oc3cc(N(CC)CC)ccc23)c(S(=O)(=O)O)c1)OC(=O)CCCCCCCCCCCCCCCCC. The molecule has 1 aliphatic carbocycles. The smallest absolute Gasteiger partial charge is 0.323 e. The van der Waals surface area contributed by atoms with Gasteiger partial charge in [-0.3, -0.25) is 14.1 Å². The molecule has 3 N–H and O–H groups in total. The molecule has 0 aromatic heterocycles. The maximum atomic E-state index is 14.0. The summed E-state index contributed by atoms with van der Waals surface area (Å²) in [4.78, 5) is 51.3. The molecule has 16 nitrogen and oxygen atoms in total. The van der Waals surface area contributed by atoms with Crippen LogP contribution in [0, 0.1) is 0 Å². The number of nitrogens with zero attached hydrogens (tertiary/aromatic N) is 2. The molecule has 2 atom stereocenters. The standard InChI is InChI=1S/C66H106N3O13PS2/c1-7-13-15-17-19-21-23-25-27-29-31-33-35-37-39-41-64(70)79-52-56(81-65(71)42-40-38-36-34-32-30-28-26-24-22-20-18-16-14-8-2)53-80-83(72,73)67-84(74,75)57-45-48-60(63(51-57)85(76,77)78)66-58-46-43-54(68(9-3)10-4)49-61(58)82-62-50-55(44-47-59(62)66)69(11-5)12-6/h43-51,56H,7-42,52-53H2,1-6H3,(H2-,67,72,73,76,77,78)/p+1/t56-/m1/s1. The van der Waals surface area contributed by atoms with E-state index in [4.69, 9.17) is 18.4 Å². The van der Waals surface area contributed by atoms with Crippen molar-refractivity contribution in [2.75, 3.05) is 44.3 Å². The van der Waals surface area contributed by atoms with Crippen LogP contribution in [0.2, 0.25) is 0 Å². The zero-order valence-corrected chi connectivity index (χ0v) is 55.2. The Morgan fingerprint density at radius 2 is 1.07 bits per heavy atom. The molecule has 2 aliphatic rings. The average molecular weight is 1250 g/mol. The van der Waals surface area contributed by atoms with E-state index in [-0.39, 0.29) is 18.4 Å². The Morgan fingerprint density at radius 3 is 1.54 bits per heavy atom. The van der Waals surface area contributed by atoms with Gasteiger partial charge in [-0.2, -0.15) is 12.9 Å². The Balaban J connectivity index is 1.43. The number of hydrogen-bond acceptors (Lipinski definition) is 13. The minimum atomic E-state index is -5.35. The second kappa shape index (κ2) is 40.5. The molecule has 1 aliphatic heterocycles. The van der Waals surface area contributed by atoms with Crippen LogP contribution >= 0.6 is 8.09 Å². The van der Waals surface area contributed by atoms with Crippen molar-refractivity contribution in [2.45, 2.75) is 263 Å². The molecule has 480 valence electrons. The minimum absolute atomic E-state index is 0.0509. The maximum Gasteiger partial charge on any atom is 0.323 e. The highest BCUT2D eigenvalue weighted by atomic mass is 32.2. The van der Waals surface area contributed by atoms with Crippen molar-refractivity contribution < 1.29 is 59.2 Å². The van der Waals surface area contributed by atoms with Crippen LogP contribution in [-0.4, -0.2) is 83.7 Å². The van der Waals surface area contributed by atoms with Gasteiger partial charge in [-0.05, 0) is 75.4 Å². The molecule has 19 heteroatoms. The van der Waals surface area contributed by atoms with Gasteiger partial charge >= 0.3 is 20.0 Å². The van der Waals surface area contributed by atoms with Crippen LogP contribution in [0.4, 0.5) is 5.69 Å². The molecular formula is C66H107N3O13PS2+. The van der Waals surface area contributed by atoms with Crippen LogP contribution in [-0.2, 0) is 43.7 Å². The van der Waals surface area contributed by atoms with E-state index in [1.165, 1.54) is 134 Å². The van der Waals surface area contributed by atoms with Gasteiger partial charge in [-0.25, -0.2) is 17.9 Å².